The van der Waals surface area contributed by atoms with Gasteiger partial charge in [-0.1, -0.05) is 6.07 Å². The average molecular weight is 354 g/mol. The van der Waals surface area contributed by atoms with Crippen LogP contribution >= 0.6 is 0 Å². The molecule has 0 bridgehead atoms. The van der Waals surface area contributed by atoms with Gasteiger partial charge < -0.3 is 15.5 Å². The second-order valence-corrected chi connectivity index (χ2v) is 5.61. The third kappa shape index (κ3) is 4.32. The van der Waals surface area contributed by atoms with Gasteiger partial charge in [-0.05, 0) is 17.7 Å². The zero-order valence-corrected chi connectivity index (χ0v) is 12.2. The summed E-state index contributed by atoms with van der Waals surface area (Å²) in [4.78, 5) is 12.1. The molecule has 0 radical (unpaired) electrons. The van der Waals surface area contributed by atoms with Gasteiger partial charge in [-0.25, -0.2) is 13.6 Å². The summed E-state index contributed by atoms with van der Waals surface area (Å²) in [5.41, 5.74) is 0.261. The van der Waals surface area contributed by atoms with Crippen molar-refractivity contribution in [1.29, 1.82) is 0 Å². The summed E-state index contributed by atoms with van der Waals surface area (Å²) in [6.07, 6.45) is -8.76. The Morgan fingerprint density at radius 2 is 1.96 bits per heavy atom. The first-order valence-corrected chi connectivity index (χ1v) is 6.99. The maximum atomic E-state index is 13.4. The van der Waals surface area contributed by atoms with Gasteiger partial charge >= 0.3 is 12.3 Å². The van der Waals surface area contributed by atoms with Crippen LogP contribution < -0.4 is 5.32 Å². The van der Waals surface area contributed by atoms with E-state index in [9.17, 15) is 26.7 Å². The SMILES string of the molecule is O=C(O)N[C@@H]1CN(CC(O)C(F)(F)F)C[C@H]1c1ccc(F)c(F)c1. The molecule has 1 fully saturated rings. The maximum absolute atomic E-state index is 13.4. The Hall–Kier alpha value is -1.94. The van der Waals surface area contributed by atoms with Crippen LogP contribution in [0.4, 0.5) is 26.7 Å². The van der Waals surface area contributed by atoms with E-state index < -0.39 is 48.5 Å². The van der Waals surface area contributed by atoms with Crippen molar-refractivity contribution in [2.45, 2.75) is 24.2 Å². The van der Waals surface area contributed by atoms with Crippen molar-refractivity contribution in [2.24, 2.45) is 0 Å². The van der Waals surface area contributed by atoms with Crippen LogP contribution in [0, 0.1) is 11.6 Å². The quantitative estimate of drug-likeness (QED) is 0.723. The number of benzene rings is 1. The number of rotatable bonds is 4. The highest BCUT2D eigenvalue weighted by Gasteiger charge is 2.42. The van der Waals surface area contributed by atoms with Crippen molar-refractivity contribution < 1.29 is 37.0 Å². The zero-order chi connectivity index (χ0) is 18.1. The summed E-state index contributed by atoms with van der Waals surface area (Å²) in [5.74, 6) is -2.88. The Balaban J connectivity index is 2.18. The lowest BCUT2D eigenvalue weighted by Crippen LogP contribution is -2.42. The van der Waals surface area contributed by atoms with Crippen molar-refractivity contribution in [3.63, 3.8) is 0 Å². The first kappa shape index (κ1) is 18.4. The summed E-state index contributed by atoms with van der Waals surface area (Å²) in [7, 11) is 0. The molecule has 1 unspecified atom stereocenters. The number of aliphatic hydroxyl groups excluding tert-OH is 1. The Bertz CT molecular complexity index is 611. The van der Waals surface area contributed by atoms with Gasteiger partial charge in [0, 0.05) is 25.6 Å². The lowest BCUT2D eigenvalue weighted by Gasteiger charge is -2.21. The normalized spacial score (nSPS) is 23.2. The Labute approximate surface area is 133 Å². The third-order valence-corrected chi connectivity index (χ3v) is 3.89. The molecule has 2 rings (SSSR count). The average Bonchev–Trinajstić information content (AvgIpc) is 2.82. The molecular formula is C14H15F5N2O3. The van der Waals surface area contributed by atoms with E-state index >= 15 is 0 Å². The van der Waals surface area contributed by atoms with Crippen molar-refractivity contribution in [3.05, 3.63) is 35.4 Å². The molecule has 3 N–H and O–H groups in total. The Morgan fingerprint density at radius 1 is 1.29 bits per heavy atom. The smallest absolute Gasteiger partial charge is 0.415 e. The van der Waals surface area contributed by atoms with E-state index in [4.69, 9.17) is 10.2 Å². The standard InChI is InChI=1S/C14H15F5N2O3/c15-9-2-1-7(3-10(9)16)8-4-21(5-11(8)20-13(23)24)6-12(22)14(17,18)19/h1-3,8,11-12,20,22H,4-6H2,(H,23,24)/t8-,11+,12?/m0/s1. The molecule has 1 amide bonds. The third-order valence-electron chi connectivity index (χ3n) is 3.89. The number of carbonyl (C=O) groups is 1. The van der Waals surface area contributed by atoms with Gasteiger partial charge in [0.2, 0.25) is 0 Å². The van der Waals surface area contributed by atoms with Gasteiger partial charge in [0.1, 0.15) is 0 Å². The molecule has 5 nitrogen and oxygen atoms in total. The number of amides is 1. The maximum Gasteiger partial charge on any atom is 0.415 e. The van der Waals surface area contributed by atoms with Crippen LogP contribution in [0.5, 0.6) is 0 Å². The molecule has 1 aromatic carbocycles. The molecule has 1 heterocycles. The fourth-order valence-electron chi connectivity index (χ4n) is 2.77. The summed E-state index contributed by atoms with van der Waals surface area (Å²) in [5, 5.41) is 20.1. The van der Waals surface area contributed by atoms with Crippen LogP contribution in [0.2, 0.25) is 0 Å². The van der Waals surface area contributed by atoms with Crippen LogP contribution in [0.15, 0.2) is 18.2 Å². The number of hydrogen-bond donors (Lipinski definition) is 3. The lowest BCUT2D eigenvalue weighted by atomic mass is 9.94. The van der Waals surface area contributed by atoms with Gasteiger partial charge in [0.25, 0.3) is 0 Å². The fourth-order valence-corrected chi connectivity index (χ4v) is 2.77. The lowest BCUT2D eigenvalue weighted by molar-refractivity contribution is -0.207. The number of alkyl halides is 3. The highest BCUT2D eigenvalue weighted by molar-refractivity contribution is 5.65. The Kier molecular flexibility index (Phi) is 5.29. The van der Waals surface area contributed by atoms with Crippen molar-refractivity contribution in [1.82, 2.24) is 10.2 Å². The largest absolute Gasteiger partial charge is 0.465 e. The molecule has 3 atom stereocenters. The van der Waals surface area contributed by atoms with Gasteiger partial charge in [-0.15, -0.1) is 0 Å². The van der Waals surface area contributed by atoms with E-state index in [0.29, 0.717) is 0 Å². The van der Waals surface area contributed by atoms with Gasteiger partial charge in [-0.3, -0.25) is 4.90 Å². The van der Waals surface area contributed by atoms with Crippen molar-refractivity contribution >= 4 is 6.09 Å². The number of likely N-dealkylation sites (tertiary alicyclic amines) is 1. The molecule has 0 aromatic heterocycles. The minimum absolute atomic E-state index is 0.0385. The van der Waals surface area contributed by atoms with E-state index in [2.05, 4.69) is 5.32 Å². The number of nitrogens with one attached hydrogen (secondary N) is 1. The Morgan fingerprint density at radius 3 is 2.50 bits per heavy atom. The van der Waals surface area contributed by atoms with Crippen LogP contribution in [0.25, 0.3) is 0 Å². The van der Waals surface area contributed by atoms with Gasteiger partial charge in [0.05, 0.1) is 6.04 Å². The van der Waals surface area contributed by atoms with E-state index in [1.54, 1.807) is 0 Å². The summed E-state index contributed by atoms with van der Waals surface area (Å²) in [6.45, 7) is -0.867. The molecule has 1 aliphatic rings. The van der Waals surface area contributed by atoms with Gasteiger partial charge in [0.15, 0.2) is 17.7 Å². The molecule has 1 saturated heterocycles. The number of hydrogen-bond acceptors (Lipinski definition) is 3. The second kappa shape index (κ2) is 6.89. The van der Waals surface area contributed by atoms with Crippen LogP contribution in [0.1, 0.15) is 11.5 Å². The van der Waals surface area contributed by atoms with Crippen LogP contribution in [-0.4, -0.2) is 59.2 Å². The molecule has 0 saturated carbocycles. The number of β-amino-alcohol motifs (C(OH)–C–C–N with tert-alkyl or cyclic N) is 1. The minimum atomic E-state index is -4.80. The highest BCUT2D eigenvalue weighted by Crippen LogP contribution is 2.30. The predicted octanol–water partition coefficient (Wildman–Crippen LogP) is 1.92. The molecule has 0 aliphatic carbocycles. The molecule has 24 heavy (non-hydrogen) atoms. The summed E-state index contributed by atoms with van der Waals surface area (Å²) < 4.78 is 63.7. The van der Waals surface area contributed by atoms with Crippen LogP contribution in [0.3, 0.4) is 0 Å². The van der Waals surface area contributed by atoms with E-state index in [-0.39, 0.29) is 18.7 Å². The predicted molar refractivity (Wildman–Crippen MR) is 72.5 cm³/mol. The van der Waals surface area contributed by atoms with E-state index in [1.807, 2.05) is 0 Å². The number of nitrogens with zero attached hydrogens (tertiary/aromatic N) is 1. The molecule has 10 heteroatoms. The monoisotopic (exact) mass is 354 g/mol. The summed E-state index contributed by atoms with van der Waals surface area (Å²) >= 11 is 0. The first-order valence-electron chi connectivity index (χ1n) is 6.99. The molecule has 134 valence electrons. The molecular weight excluding hydrogens is 339 g/mol. The van der Waals surface area contributed by atoms with Crippen molar-refractivity contribution in [2.75, 3.05) is 19.6 Å². The molecule has 1 aliphatic heterocycles. The minimum Gasteiger partial charge on any atom is -0.465 e. The number of halogens is 5. The number of carboxylic acid groups (broad SMARTS) is 1. The van der Waals surface area contributed by atoms with E-state index in [0.717, 1.165) is 12.1 Å². The zero-order valence-electron chi connectivity index (χ0n) is 12.2. The van der Waals surface area contributed by atoms with E-state index in [1.165, 1.54) is 11.0 Å². The highest BCUT2D eigenvalue weighted by atomic mass is 19.4. The first-order chi connectivity index (χ1) is 11.1. The number of aliphatic hydroxyl groups is 1. The van der Waals surface area contributed by atoms with Gasteiger partial charge in [-0.2, -0.15) is 13.2 Å². The summed E-state index contributed by atoms with van der Waals surface area (Å²) in [6, 6.07) is 2.20. The topological polar surface area (TPSA) is 72.8 Å². The molecule has 1 aromatic rings. The van der Waals surface area contributed by atoms with Crippen LogP contribution in [-0.2, 0) is 0 Å². The fraction of sp³-hybridized carbons (Fsp3) is 0.500. The van der Waals surface area contributed by atoms with Crippen molar-refractivity contribution in [3.8, 4) is 0 Å². The molecule has 0 spiro atoms. The second-order valence-electron chi connectivity index (χ2n) is 5.61.